The minimum atomic E-state index is -3.77. The summed E-state index contributed by atoms with van der Waals surface area (Å²) in [5, 5.41) is 4.39. The van der Waals surface area contributed by atoms with E-state index in [2.05, 4.69) is 10.1 Å². The zero-order chi connectivity index (χ0) is 25.5. The Morgan fingerprint density at radius 1 is 1.06 bits per heavy atom. The van der Waals surface area contributed by atoms with Gasteiger partial charge in [0.1, 0.15) is 15.6 Å². The summed E-state index contributed by atoms with van der Waals surface area (Å²) in [4.78, 5) is 48.9. The van der Waals surface area contributed by atoms with Crippen LogP contribution in [0.1, 0.15) is 38.9 Å². The van der Waals surface area contributed by atoms with Gasteiger partial charge in [-0.25, -0.2) is 18.0 Å². The number of thiophene rings is 1. The highest BCUT2D eigenvalue weighted by Crippen LogP contribution is 2.34. The van der Waals surface area contributed by atoms with Gasteiger partial charge in [-0.05, 0) is 43.7 Å². The van der Waals surface area contributed by atoms with Crippen molar-refractivity contribution >= 4 is 50.1 Å². The molecule has 1 aromatic carbocycles. The first kappa shape index (κ1) is 26.8. The highest BCUT2D eigenvalue weighted by molar-refractivity contribution is 7.91. The average molecular weight is 513 g/mol. The maximum absolute atomic E-state index is 12.6. The molecule has 11 nitrogen and oxygen atoms in total. The molecule has 184 valence electrons. The largest absolute Gasteiger partial charge is 0.497 e. The summed E-state index contributed by atoms with van der Waals surface area (Å²) < 4.78 is 39.5. The molecule has 3 amide bonds. The van der Waals surface area contributed by atoms with Crippen LogP contribution in [-0.2, 0) is 24.1 Å². The van der Waals surface area contributed by atoms with E-state index < -0.39 is 45.9 Å². The van der Waals surface area contributed by atoms with Crippen molar-refractivity contribution in [2.75, 3.05) is 31.9 Å². The molecule has 2 aromatic rings. The van der Waals surface area contributed by atoms with Crippen LogP contribution in [0.2, 0.25) is 0 Å². The summed E-state index contributed by atoms with van der Waals surface area (Å²) in [5.74, 6) is -2.33. The topological polar surface area (TPSA) is 154 Å². The first-order valence-electron chi connectivity index (χ1n) is 9.90. The lowest BCUT2D eigenvalue weighted by molar-refractivity contribution is -0.115. The smallest absolute Gasteiger partial charge is 0.413 e. The highest BCUT2D eigenvalue weighted by Gasteiger charge is 2.28. The SMILES string of the molecule is CCOC(=O)c1sc(NC(=O)CCS(=O)(=O)c2ccc(OC)cc2)c(C(=O)NC(=O)OC)c1C. The van der Waals surface area contributed by atoms with E-state index in [9.17, 15) is 27.6 Å². The lowest BCUT2D eigenvalue weighted by atomic mass is 10.1. The number of nitrogens with one attached hydrogen (secondary N) is 2. The second-order valence-electron chi connectivity index (χ2n) is 6.72. The van der Waals surface area contributed by atoms with Gasteiger partial charge in [-0.1, -0.05) is 0 Å². The number of methoxy groups -OCH3 is 2. The normalized spacial score (nSPS) is 10.8. The maximum atomic E-state index is 12.6. The van der Waals surface area contributed by atoms with E-state index in [1.165, 1.54) is 38.3 Å². The van der Waals surface area contributed by atoms with Crippen molar-refractivity contribution in [2.24, 2.45) is 0 Å². The Kier molecular flexibility index (Phi) is 9.15. The molecule has 1 heterocycles. The van der Waals surface area contributed by atoms with E-state index in [4.69, 9.17) is 9.47 Å². The zero-order valence-electron chi connectivity index (χ0n) is 18.9. The number of anilines is 1. The van der Waals surface area contributed by atoms with Crippen LogP contribution in [0, 0.1) is 6.92 Å². The number of benzene rings is 1. The molecule has 0 saturated heterocycles. The van der Waals surface area contributed by atoms with Crippen LogP contribution in [0.15, 0.2) is 29.2 Å². The van der Waals surface area contributed by atoms with E-state index in [0.717, 1.165) is 18.4 Å². The number of carbonyl (C=O) groups excluding carboxylic acids is 4. The number of hydrogen-bond acceptors (Lipinski definition) is 10. The Morgan fingerprint density at radius 2 is 1.71 bits per heavy atom. The molecule has 13 heteroatoms. The van der Waals surface area contributed by atoms with E-state index in [1.54, 1.807) is 6.92 Å². The Labute approximate surface area is 200 Å². The standard InChI is InChI=1S/C21H24N2O9S2/c1-5-32-20(26)17-12(2)16(18(25)23-21(27)31-4)19(33-17)22-15(24)10-11-34(28,29)14-8-6-13(30-3)7-9-14/h6-9H,5,10-11H2,1-4H3,(H,22,24)(H,23,25,27). The summed E-state index contributed by atoms with van der Waals surface area (Å²) in [6, 6.07) is 5.72. The van der Waals surface area contributed by atoms with E-state index >= 15 is 0 Å². The van der Waals surface area contributed by atoms with Crippen molar-refractivity contribution in [2.45, 2.75) is 25.2 Å². The molecular formula is C21H24N2O9S2. The van der Waals surface area contributed by atoms with Gasteiger partial charge in [0.2, 0.25) is 5.91 Å². The van der Waals surface area contributed by atoms with Gasteiger partial charge >= 0.3 is 12.1 Å². The monoisotopic (exact) mass is 512 g/mol. The van der Waals surface area contributed by atoms with Crippen molar-refractivity contribution in [3.05, 3.63) is 40.3 Å². The molecule has 0 unspecified atom stereocenters. The number of ether oxygens (including phenoxy) is 3. The predicted molar refractivity (Wildman–Crippen MR) is 123 cm³/mol. The van der Waals surface area contributed by atoms with Gasteiger partial charge in [0.15, 0.2) is 9.84 Å². The molecule has 0 saturated carbocycles. The number of sulfone groups is 1. The summed E-state index contributed by atoms with van der Waals surface area (Å²) >= 11 is 0.777. The molecule has 2 N–H and O–H groups in total. The summed E-state index contributed by atoms with van der Waals surface area (Å²) in [7, 11) is -1.25. The van der Waals surface area contributed by atoms with E-state index in [0.29, 0.717) is 5.75 Å². The molecule has 0 atom stereocenters. The second kappa shape index (κ2) is 11.6. The number of carbonyl (C=O) groups is 4. The van der Waals surface area contributed by atoms with Gasteiger partial charge in [0, 0.05) is 6.42 Å². The third kappa shape index (κ3) is 6.54. The van der Waals surface area contributed by atoms with Crippen LogP contribution in [0.3, 0.4) is 0 Å². The third-order valence-electron chi connectivity index (χ3n) is 4.51. The van der Waals surface area contributed by atoms with Crippen LogP contribution in [0.5, 0.6) is 5.75 Å². The summed E-state index contributed by atoms with van der Waals surface area (Å²) in [6.45, 7) is 3.15. The summed E-state index contributed by atoms with van der Waals surface area (Å²) in [6.07, 6.45) is -1.45. The van der Waals surface area contributed by atoms with Crippen LogP contribution >= 0.6 is 11.3 Å². The van der Waals surface area contributed by atoms with Crippen molar-refractivity contribution < 1.29 is 41.8 Å². The van der Waals surface area contributed by atoms with Gasteiger partial charge in [0.05, 0.1) is 37.0 Å². The molecule has 0 aliphatic heterocycles. The Hall–Kier alpha value is -3.45. The molecule has 0 radical (unpaired) electrons. The zero-order valence-corrected chi connectivity index (χ0v) is 20.6. The number of imide groups is 1. The van der Waals surface area contributed by atoms with E-state index in [1.807, 2.05) is 5.32 Å². The molecule has 0 bridgehead atoms. The molecule has 0 fully saturated rings. The van der Waals surface area contributed by atoms with Gasteiger partial charge in [0.25, 0.3) is 5.91 Å². The first-order chi connectivity index (χ1) is 16.0. The van der Waals surface area contributed by atoms with E-state index in [-0.39, 0.29) is 32.5 Å². The average Bonchev–Trinajstić information content (AvgIpc) is 3.13. The lowest BCUT2D eigenvalue weighted by Crippen LogP contribution is -2.31. The Bertz CT molecular complexity index is 1190. The molecule has 0 aliphatic carbocycles. The number of hydrogen-bond donors (Lipinski definition) is 2. The van der Waals surface area contributed by atoms with Crippen LogP contribution in [0.25, 0.3) is 0 Å². The maximum Gasteiger partial charge on any atom is 0.413 e. The predicted octanol–water partition coefficient (Wildman–Crippen LogP) is 2.54. The van der Waals surface area contributed by atoms with Crippen LogP contribution in [-0.4, -0.2) is 58.9 Å². The molecule has 0 spiro atoms. The van der Waals surface area contributed by atoms with Crippen LogP contribution in [0.4, 0.5) is 9.80 Å². The summed E-state index contributed by atoms with van der Waals surface area (Å²) in [5.41, 5.74) is 0.0517. The number of esters is 1. The van der Waals surface area contributed by atoms with Gasteiger partial charge in [-0.15, -0.1) is 11.3 Å². The number of alkyl carbamates (subject to hydrolysis) is 1. The van der Waals surface area contributed by atoms with Gasteiger partial charge < -0.3 is 19.5 Å². The fraction of sp³-hybridized carbons (Fsp3) is 0.333. The van der Waals surface area contributed by atoms with Gasteiger partial charge in [-0.2, -0.15) is 0 Å². The Morgan fingerprint density at radius 3 is 2.26 bits per heavy atom. The van der Waals surface area contributed by atoms with Crippen LogP contribution < -0.4 is 15.4 Å². The molecular weight excluding hydrogens is 488 g/mol. The first-order valence-corrected chi connectivity index (χ1v) is 12.4. The second-order valence-corrected chi connectivity index (χ2v) is 9.85. The molecule has 0 aliphatic rings. The van der Waals surface area contributed by atoms with Crippen molar-refractivity contribution in [3.8, 4) is 5.75 Å². The molecule has 2 rings (SSSR count). The lowest BCUT2D eigenvalue weighted by Gasteiger charge is -2.08. The number of rotatable bonds is 9. The quantitative estimate of drug-likeness (QED) is 0.482. The van der Waals surface area contributed by atoms with Crippen molar-refractivity contribution in [1.82, 2.24) is 5.32 Å². The van der Waals surface area contributed by atoms with Crippen molar-refractivity contribution in [1.29, 1.82) is 0 Å². The fourth-order valence-corrected chi connectivity index (χ4v) is 5.14. The third-order valence-corrected chi connectivity index (χ3v) is 7.42. The molecule has 1 aromatic heterocycles. The molecule has 34 heavy (non-hydrogen) atoms. The fourth-order valence-electron chi connectivity index (χ4n) is 2.79. The highest BCUT2D eigenvalue weighted by atomic mass is 32.2. The van der Waals surface area contributed by atoms with Gasteiger partial charge in [-0.3, -0.25) is 14.9 Å². The number of amides is 3. The minimum absolute atomic E-state index is 0.0239. The van der Waals surface area contributed by atoms with Crippen molar-refractivity contribution in [3.63, 3.8) is 0 Å². The Balaban J connectivity index is 2.23. The minimum Gasteiger partial charge on any atom is -0.497 e.